The molecule has 3 aromatic rings. The van der Waals surface area contributed by atoms with Crippen molar-refractivity contribution in [2.45, 2.75) is 58.2 Å². The van der Waals surface area contributed by atoms with Gasteiger partial charge in [0.25, 0.3) is 0 Å². The molecule has 206 valence electrons. The molecular weight excluding hydrogens is 492 g/mol. The standard InChI is InChI=1S/C30H38N6O3/c1-22-17-24(9-10-27(22)39-2)20-35-15-11-30(12-16-35)19-25-21-36(34-33-25)14-6-13-31-28(37)26(32-29(30)38)18-23-7-4-3-5-8-23/h3-5,7-10,17,21,26H,6,11-16,18-20H2,1-2H3,(H,31,37)(H,32,38)/t26-/m0/s1. The number of carbonyl (C=O) groups is 2. The molecule has 2 amide bonds. The number of rotatable bonds is 5. The molecule has 0 aliphatic carbocycles. The van der Waals surface area contributed by atoms with Crippen molar-refractivity contribution < 1.29 is 14.3 Å². The Kier molecular flexibility index (Phi) is 8.26. The number of benzene rings is 2. The van der Waals surface area contributed by atoms with Crippen molar-refractivity contribution in [3.63, 3.8) is 0 Å². The van der Waals surface area contributed by atoms with Crippen LogP contribution in [0.15, 0.2) is 54.7 Å². The highest BCUT2D eigenvalue weighted by atomic mass is 16.5. The summed E-state index contributed by atoms with van der Waals surface area (Å²) in [7, 11) is 1.69. The Morgan fingerprint density at radius 3 is 2.59 bits per heavy atom. The SMILES string of the molecule is COc1ccc(CN2CCC3(CC2)Cc2cn(nn2)CCCNC(=O)[C@H](Cc2ccccc2)NC3=O)cc1C. The van der Waals surface area contributed by atoms with Crippen molar-refractivity contribution in [2.24, 2.45) is 5.41 Å². The lowest BCUT2D eigenvalue weighted by Gasteiger charge is -2.41. The van der Waals surface area contributed by atoms with Crippen molar-refractivity contribution >= 4 is 11.8 Å². The number of aryl methyl sites for hydroxylation is 2. The number of hydrogen-bond acceptors (Lipinski definition) is 6. The number of hydrogen-bond donors (Lipinski definition) is 2. The van der Waals surface area contributed by atoms with E-state index in [-0.39, 0.29) is 11.8 Å². The van der Waals surface area contributed by atoms with Gasteiger partial charge in [-0.1, -0.05) is 47.7 Å². The van der Waals surface area contributed by atoms with Crippen molar-refractivity contribution in [3.05, 3.63) is 77.1 Å². The minimum atomic E-state index is -0.656. The normalized spacial score (nSPS) is 20.3. The number of piperidine rings is 1. The molecule has 39 heavy (non-hydrogen) atoms. The van der Waals surface area contributed by atoms with Crippen LogP contribution in [0.4, 0.5) is 0 Å². The molecular formula is C30H38N6O3. The number of ether oxygens (including phenoxy) is 1. The molecule has 1 saturated heterocycles. The van der Waals surface area contributed by atoms with Gasteiger partial charge in [-0.3, -0.25) is 19.2 Å². The van der Waals surface area contributed by atoms with Crippen molar-refractivity contribution in [1.82, 2.24) is 30.5 Å². The first-order valence-electron chi connectivity index (χ1n) is 13.8. The highest BCUT2D eigenvalue weighted by Crippen LogP contribution is 2.36. The van der Waals surface area contributed by atoms with Gasteiger partial charge in [-0.05, 0) is 62.0 Å². The van der Waals surface area contributed by atoms with Crippen LogP contribution in [0.5, 0.6) is 5.75 Å². The van der Waals surface area contributed by atoms with E-state index in [0.717, 1.165) is 48.6 Å². The smallest absolute Gasteiger partial charge is 0.242 e. The number of carbonyl (C=O) groups excluding carboxylic acids is 2. The average molecular weight is 531 g/mol. The third-order valence-electron chi connectivity index (χ3n) is 8.03. The van der Waals surface area contributed by atoms with Crippen LogP contribution < -0.4 is 15.4 Å². The molecule has 1 atom stereocenters. The third kappa shape index (κ3) is 6.47. The zero-order chi connectivity index (χ0) is 27.2. The Morgan fingerprint density at radius 1 is 1.05 bits per heavy atom. The van der Waals surface area contributed by atoms with Crippen molar-refractivity contribution in [2.75, 3.05) is 26.7 Å². The molecule has 9 nitrogen and oxygen atoms in total. The Morgan fingerprint density at radius 2 is 1.85 bits per heavy atom. The minimum absolute atomic E-state index is 0.0766. The molecule has 2 bridgehead atoms. The first-order chi connectivity index (χ1) is 18.9. The summed E-state index contributed by atoms with van der Waals surface area (Å²) in [4.78, 5) is 29.7. The number of nitrogens with zero attached hydrogens (tertiary/aromatic N) is 4. The van der Waals surface area contributed by atoms with Crippen LogP contribution in [-0.2, 0) is 35.5 Å². The Hall–Kier alpha value is -3.72. The summed E-state index contributed by atoms with van der Waals surface area (Å²) in [5, 5.41) is 14.9. The fourth-order valence-corrected chi connectivity index (χ4v) is 5.74. The molecule has 1 aromatic heterocycles. The summed E-state index contributed by atoms with van der Waals surface area (Å²) in [6.45, 7) is 5.61. The van der Waals surface area contributed by atoms with Crippen LogP contribution in [0.3, 0.4) is 0 Å². The van der Waals surface area contributed by atoms with E-state index >= 15 is 0 Å². The van der Waals surface area contributed by atoms with E-state index in [9.17, 15) is 9.59 Å². The second-order valence-electron chi connectivity index (χ2n) is 10.9. The largest absolute Gasteiger partial charge is 0.496 e. The van der Waals surface area contributed by atoms with Crippen molar-refractivity contribution in [3.8, 4) is 5.75 Å². The van der Waals surface area contributed by atoms with E-state index < -0.39 is 11.5 Å². The van der Waals surface area contributed by atoms with Gasteiger partial charge in [0.2, 0.25) is 11.8 Å². The van der Waals surface area contributed by atoms with Crippen molar-refractivity contribution in [1.29, 1.82) is 0 Å². The summed E-state index contributed by atoms with van der Waals surface area (Å²) in [5.74, 6) is 0.666. The molecule has 3 heterocycles. The van der Waals surface area contributed by atoms with Crippen LogP contribution in [0.1, 0.15) is 41.6 Å². The molecule has 2 N–H and O–H groups in total. The fourth-order valence-electron chi connectivity index (χ4n) is 5.74. The highest BCUT2D eigenvalue weighted by molar-refractivity contribution is 5.90. The average Bonchev–Trinajstić information content (AvgIpc) is 3.39. The summed E-state index contributed by atoms with van der Waals surface area (Å²) in [5.41, 5.74) is 3.52. The lowest BCUT2D eigenvalue weighted by molar-refractivity contribution is -0.137. The molecule has 0 saturated carbocycles. The molecule has 1 fully saturated rings. The first kappa shape index (κ1) is 26.9. The van der Waals surface area contributed by atoms with Crippen LogP contribution in [0, 0.1) is 12.3 Å². The lowest BCUT2D eigenvalue weighted by atomic mass is 9.73. The number of aromatic nitrogens is 3. The Balaban J connectivity index is 1.35. The van der Waals surface area contributed by atoms with Gasteiger partial charge in [0, 0.05) is 38.7 Å². The van der Waals surface area contributed by atoms with Gasteiger partial charge in [-0.15, -0.1) is 5.10 Å². The van der Waals surface area contributed by atoms with Crippen LogP contribution in [0.25, 0.3) is 0 Å². The predicted octanol–water partition coefficient (Wildman–Crippen LogP) is 2.67. The molecule has 5 rings (SSSR count). The van der Waals surface area contributed by atoms with E-state index in [1.807, 2.05) is 47.3 Å². The molecule has 2 aliphatic rings. The molecule has 0 unspecified atom stereocenters. The fraction of sp³-hybridized carbons (Fsp3) is 0.467. The zero-order valence-corrected chi connectivity index (χ0v) is 22.9. The lowest BCUT2D eigenvalue weighted by Crippen LogP contribution is -2.56. The van der Waals surface area contributed by atoms with E-state index in [2.05, 4.69) is 44.9 Å². The minimum Gasteiger partial charge on any atom is -0.496 e. The maximum Gasteiger partial charge on any atom is 0.242 e. The Bertz CT molecular complexity index is 1280. The van der Waals surface area contributed by atoms with Gasteiger partial charge >= 0.3 is 0 Å². The van der Waals surface area contributed by atoms with E-state index in [0.29, 0.717) is 38.8 Å². The zero-order valence-electron chi connectivity index (χ0n) is 22.9. The second kappa shape index (κ2) is 12.0. The van der Waals surface area contributed by atoms with Gasteiger partial charge in [0.05, 0.1) is 18.2 Å². The molecule has 9 heteroatoms. The van der Waals surface area contributed by atoms with Crippen LogP contribution in [0.2, 0.25) is 0 Å². The molecule has 2 aromatic carbocycles. The maximum atomic E-state index is 14.1. The number of fused-ring (bicyclic) bond motifs is 2. The van der Waals surface area contributed by atoms with Gasteiger partial charge in [-0.25, -0.2) is 0 Å². The van der Waals surface area contributed by atoms with Gasteiger partial charge in [-0.2, -0.15) is 0 Å². The van der Waals surface area contributed by atoms with E-state index in [4.69, 9.17) is 4.74 Å². The number of amides is 2. The van der Waals surface area contributed by atoms with Gasteiger partial charge in [0.1, 0.15) is 11.8 Å². The van der Waals surface area contributed by atoms with Gasteiger partial charge < -0.3 is 15.4 Å². The summed E-state index contributed by atoms with van der Waals surface area (Å²) < 4.78 is 7.22. The van der Waals surface area contributed by atoms with Gasteiger partial charge in [0.15, 0.2) is 0 Å². The summed E-state index contributed by atoms with van der Waals surface area (Å²) in [6, 6.07) is 15.5. The number of methoxy groups -OCH3 is 1. The maximum absolute atomic E-state index is 14.1. The summed E-state index contributed by atoms with van der Waals surface area (Å²) in [6.07, 6.45) is 5.01. The predicted molar refractivity (Wildman–Crippen MR) is 148 cm³/mol. The topological polar surface area (TPSA) is 101 Å². The van der Waals surface area contributed by atoms with Crippen LogP contribution in [-0.4, -0.2) is 64.5 Å². The third-order valence-corrected chi connectivity index (χ3v) is 8.03. The monoisotopic (exact) mass is 530 g/mol. The summed E-state index contributed by atoms with van der Waals surface area (Å²) >= 11 is 0. The second-order valence-corrected chi connectivity index (χ2v) is 10.9. The molecule has 0 radical (unpaired) electrons. The number of likely N-dealkylation sites (tertiary alicyclic amines) is 1. The Labute approximate surface area is 229 Å². The van der Waals surface area contributed by atoms with E-state index in [1.165, 1.54) is 5.56 Å². The highest BCUT2D eigenvalue weighted by Gasteiger charge is 2.43. The number of nitrogens with one attached hydrogen (secondary N) is 2. The van der Waals surface area contributed by atoms with Crippen LogP contribution >= 0.6 is 0 Å². The van der Waals surface area contributed by atoms with E-state index in [1.54, 1.807) is 7.11 Å². The first-order valence-corrected chi connectivity index (χ1v) is 13.8. The molecule has 2 aliphatic heterocycles. The molecule has 1 spiro atoms. The quantitative estimate of drug-likeness (QED) is 0.526.